The quantitative estimate of drug-likeness (QED) is 0.608. The number of tetrazole rings is 1. The molecule has 1 N–H and O–H groups in total. The molecule has 0 unspecified atom stereocenters. The summed E-state index contributed by atoms with van der Waals surface area (Å²) in [6.07, 6.45) is 1.12. The Morgan fingerprint density at radius 2 is 2.11 bits per heavy atom. The molecule has 0 aliphatic carbocycles. The Morgan fingerprint density at radius 3 is 2.84 bits per heavy atom. The first-order valence-electron chi connectivity index (χ1n) is 6.50. The number of nitrogens with one attached hydrogen (secondary N) is 1. The predicted octanol–water partition coefficient (Wildman–Crippen LogP) is 1.90. The van der Waals surface area contributed by atoms with Crippen molar-refractivity contribution in [3.63, 3.8) is 0 Å². The molecular weight excluding hydrogens is 238 g/mol. The van der Waals surface area contributed by atoms with Gasteiger partial charge in [0.2, 0.25) is 5.82 Å². The van der Waals surface area contributed by atoms with E-state index in [1.807, 2.05) is 30.3 Å². The molecule has 0 aliphatic heterocycles. The minimum Gasteiger partial charge on any atom is -0.313 e. The van der Waals surface area contributed by atoms with Gasteiger partial charge >= 0.3 is 0 Å². The summed E-state index contributed by atoms with van der Waals surface area (Å²) in [5.41, 5.74) is 2.02. The molecule has 2 aromatic rings. The van der Waals surface area contributed by atoms with Crippen molar-refractivity contribution < 1.29 is 0 Å². The van der Waals surface area contributed by atoms with Crippen molar-refractivity contribution >= 4 is 0 Å². The SMILES string of the molecule is C=C(CNCCC)Cn1nnc(-c2ccccc2)n1. The zero-order valence-electron chi connectivity index (χ0n) is 11.2. The topological polar surface area (TPSA) is 55.6 Å². The molecule has 0 saturated heterocycles. The smallest absolute Gasteiger partial charge is 0.204 e. The van der Waals surface area contributed by atoms with E-state index >= 15 is 0 Å². The molecular formula is C14H19N5. The highest BCUT2D eigenvalue weighted by atomic mass is 15.6. The molecule has 1 aromatic carbocycles. The van der Waals surface area contributed by atoms with Crippen molar-refractivity contribution in [2.75, 3.05) is 13.1 Å². The molecule has 0 radical (unpaired) electrons. The van der Waals surface area contributed by atoms with Gasteiger partial charge in [-0.25, -0.2) is 0 Å². The first kappa shape index (κ1) is 13.4. The molecule has 1 aromatic heterocycles. The lowest BCUT2D eigenvalue weighted by molar-refractivity contribution is 0.551. The van der Waals surface area contributed by atoms with Gasteiger partial charge in [-0.1, -0.05) is 43.8 Å². The average Bonchev–Trinajstić information content (AvgIpc) is 2.88. The third-order valence-corrected chi connectivity index (χ3v) is 2.65. The number of hydrogen-bond donors (Lipinski definition) is 1. The van der Waals surface area contributed by atoms with Gasteiger partial charge in [-0.15, -0.1) is 10.2 Å². The fraction of sp³-hybridized carbons (Fsp3) is 0.357. The van der Waals surface area contributed by atoms with Crippen LogP contribution in [0.1, 0.15) is 13.3 Å². The van der Waals surface area contributed by atoms with Gasteiger partial charge in [-0.05, 0) is 23.8 Å². The molecule has 0 atom stereocenters. The Morgan fingerprint density at radius 1 is 1.32 bits per heavy atom. The molecule has 0 fully saturated rings. The van der Waals surface area contributed by atoms with Gasteiger partial charge in [0.1, 0.15) is 0 Å². The van der Waals surface area contributed by atoms with Crippen LogP contribution in [0.2, 0.25) is 0 Å². The van der Waals surface area contributed by atoms with Crippen LogP contribution in [0.5, 0.6) is 0 Å². The number of benzene rings is 1. The maximum Gasteiger partial charge on any atom is 0.204 e. The van der Waals surface area contributed by atoms with E-state index in [0.29, 0.717) is 12.4 Å². The van der Waals surface area contributed by atoms with E-state index in [1.165, 1.54) is 0 Å². The van der Waals surface area contributed by atoms with Crippen molar-refractivity contribution in [3.8, 4) is 11.4 Å². The van der Waals surface area contributed by atoms with E-state index in [2.05, 4.69) is 34.2 Å². The van der Waals surface area contributed by atoms with E-state index < -0.39 is 0 Å². The summed E-state index contributed by atoms with van der Waals surface area (Å²) in [6, 6.07) is 9.83. The maximum absolute atomic E-state index is 4.35. The van der Waals surface area contributed by atoms with Crippen LogP contribution in [0.3, 0.4) is 0 Å². The maximum atomic E-state index is 4.35. The third kappa shape index (κ3) is 3.99. The summed E-state index contributed by atoms with van der Waals surface area (Å²) in [5, 5.41) is 15.8. The molecule has 100 valence electrons. The summed E-state index contributed by atoms with van der Waals surface area (Å²) in [7, 11) is 0. The molecule has 2 rings (SSSR count). The monoisotopic (exact) mass is 257 g/mol. The van der Waals surface area contributed by atoms with Gasteiger partial charge in [0.15, 0.2) is 0 Å². The van der Waals surface area contributed by atoms with Gasteiger partial charge in [-0.2, -0.15) is 4.80 Å². The summed E-state index contributed by atoms with van der Waals surface area (Å²) in [4.78, 5) is 1.58. The average molecular weight is 257 g/mol. The normalized spacial score (nSPS) is 10.6. The fourth-order valence-corrected chi connectivity index (χ4v) is 1.71. The van der Waals surface area contributed by atoms with Crippen LogP contribution in [0.15, 0.2) is 42.5 Å². The van der Waals surface area contributed by atoms with Crippen molar-refractivity contribution in [1.82, 2.24) is 25.5 Å². The zero-order chi connectivity index (χ0) is 13.5. The summed E-state index contributed by atoms with van der Waals surface area (Å²) in [5.74, 6) is 0.648. The predicted molar refractivity (Wildman–Crippen MR) is 75.6 cm³/mol. The number of hydrogen-bond acceptors (Lipinski definition) is 4. The highest BCUT2D eigenvalue weighted by molar-refractivity contribution is 5.52. The van der Waals surface area contributed by atoms with Crippen LogP contribution >= 0.6 is 0 Å². The Kier molecular flexibility index (Phi) is 4.80. The number of nitrogens with zero attached hydrogens (tertiary/aromatic N) is 4. The highest BCUT2D eigenvalue weighted by Gasteiger charge is 2.05. The molecule has 0 spiro atoms. The van der Waals surface area contributed by atoms with E-state index in [4.69, 9.17) is 0 Å². The first-order chi connectivity index (χ1) is 9.29. The number of rotatable bonds is 7. The lowest BCUT2D eigenvalue weighted by Crippen LogP contribution is -2.20. The van der Waals surface area contributed by atoms with Crippen LogP contribution in [0.4, 0.5) is 0 Å². The van der Waals surface area contributed by atoms with Gasteiger partial charge in [-0.3, -0.25) is 0 Å². The van der Waals surface area contributed by atoms with Crippen molar-refractivity contribution in [2.24, 2.45) is 0 Å². The van der Waals surface area contributed by atoms with Crippen LogP contribution in [0, 0.1) is 0 Å². The fourth-order valence-electron chi connectivity index (χ4n) is 1.71. The lowest BCUT2D eigenvalue weighted by Gasteiger charge is -2.05. The molecule has 1 heterocycles. The summed E-state index contributed by atoms with van der Waals surface area (Å²) in [6.45, 7) is 8.53. The highest BCUT2D eigenvalue weighted by Crippen LogP contribution is 2.11. The third-order valence-electron chi connectivity index (χ3n) is 2.65. The second kappa shape index (κ2) is 6.80. The molecule has 5 nitrogen and oxygen atoms in total. The minimum absolute atomic E-state index is 0.594. The summed E-state index contributed by atoms with van der Waals surface area (Å²) >= 11 is 0. The minimum atomic E-state index is 0.594. The van der Waals surface area contributed by atoms with Crippen LogP contribution < -0.4 is 5.32 Å². The van der Waals surface area contributed by atoms with E-state index in [0.717, 1.165) is 30.6 Å². The van der Waals surface area contributed by atoms with Crippen LogP contribution in [0.25, 0.3) is 11.4 Å². The van der Waals surface area contributed by atoms with Crippen LogP contribution in [-0.2, 0) is 6.54 Å². The Labute approximate surface area is 113 Å². The second-order valence-electron chi connectivity index (χ2n) is 4.44. The van der Waals surface area contributed by atoms with Crippen molar-refractivity contribution in [1.29, 1.82) is 0 Å². The van der Waals surface area contributed by atoms with Crippen molar-refractivity contribution in [3.05, 3.63) is 42.5 Å². The van der Waals surface area contributed by atoms with Gasteiger partial charge < -0.3 is 5.32 Å². The van der Waals surface area contributed by atoms with Gasteiger partial charge in [0, 0.05) is 12.1 Å². The standard InChI is InChI=1S/C14H19N5/c1-3-9-15-10-12(2)11-19-17-14(16-18-19)13-7-5-4-6-8-13/h4-8,15H,2-3,9-11H2,1H3. The molecule has 5 heteroatoms. The van der Waals surface area contributed by atoms with Crippen LogP contribution in [-0.4, -0.2) is 33.3 Å². The Hall–Kier alpha value is -2.01. The molecule has 0 bridgehead atoms. The molecule has 0 saturated carbocycles. The van der Waals surface area contributed by atoms with Gasteiger partial charge in [0.25, 0.3) is 0 Å². The lowest BCUT2D eigenvalue weighted by atomic mass is 10.2. The zero-order valence-corrected chi connectivity index (χ0v) is 11.2. The second-order valence-corrected chi connectivity index (χ2v) is 4.44. The molecule has 19 heavy (non-hydrogen) atoms. The van der Waals surface area contributed by atoms with E-state index in [-0.39, 0.29) is 0 Å². The molecule has 0 amide bonds. The van der Waals surface area contributed by atoms with E-state index in [9.17, 15) is 0 Å². The summed E-state index contributed by atoms with van der Waals surface area (Å²) < 4.78 is 0. The van der Waals surface area contributed by atoms with E-state index in [1.54, 1.807) is 4.80 Å². The molecule has 0 aliphatic rings. The van der Waals surface area contributed by atoms with Gasteiger partial charge in [0.05, 0.1) is 6.54 Å². The number of aromatic nitrogens is 4. The van der Waals surface area contributed by atoms with Crippen molar-refractivity contribution in [2.45, 2.75) is 19.9 Å². The largest absolute Gasteiger partial charge is 0.313 e. The Bertz CT molecular complexity index is 518. The first-order valence-corrected chi connectivity index (χ1v) is 6.50. The Balaban J connectivity index is 1.93.